The number of hydrogen-bond acceptors (Lipinski definition) is 5. The first-order chi connectivity index (χ1) is 16.5. The number of carbonyl (C=O) groups is 2. The summed E-state index contributed by atoms with van der Waals surface area (Å²) in [6.45, 7) is 15.9. The number of unbranched alkanes of at least 4 members (excludes halogenated alkanes) is 3. The highest BCUT2D eigenvalue weighted by Crippen LogP contribution is 2.44. The molecule has 6 nitrogen and oxygen atoms in total. The number of nitrogens with zero attached hydrogens (tertiary/aromatic N) is 2. The molecule has 0 bridgehead atoms. The van der Waals surface area contributed by atoms with E-state index in [2.05, 4.69) is 6.92 Å². The molecule has 1 aromatic carbocycles. The smallest absolute Gasteiger partial charge is 0.308 e. The molecule has 190 valence electrons. The molecule has 0 aliphatic carbocycles. The SMILES string of the molecule is CCCCCCN(C(=O)C1(C)CCc2c(C)c(OC(C)=O)c(C)c(C)c2O1)c1cc(C)cc(C)n1. The monoisotopic (exact) mass is 480 g/mol. The number of pyridine rings is 1. The van der Waals surface area contributed by atoms with Crippen LogP contribution in [0.15, 0.2) is 12.1 Å². The van der Waals surface area contributed by atoms with E-state index in [-0.39, 0.29) is 11.9 Å². The molecule has 1 unspecified atom stereocenters. The number of hydrogen-bond donors (Lipinski definition) is 0. The Morgan fingerprint density at radius 2 is 1.77 bits per heavy atom. The molecule has 2 heterocycles. The maximum Gasteiger partial charge on any atom is 0.308 e. The van der Waals surface area contributed by atoms with Crippen LogP contribution in [-0.2, 0) is 16.0 Å². The standard InChI is InChI=1S/C29H40N2O4/c1-9-10-11-12-15-31(25-17-18(2)16-19(3)30-25)28(33)29(8)14-13-24-22(6)26(34-23(7)32)20(4)21(5)27(24)35-29/h16-17H,9-15H2,1-8H3. The molecule has 6 heteroatoms. The molecule has 0 fully saturated rings. The Balaban J connectivity index is 1.98. The summed E-state index contributed by atoms with van der Waals surface area (Å²) >= 11 is 0. The second kappa shape index (κ2) is 10.8. The summed E-state index contributed by atoms with van der Waals surface area (Å²) in [6.07, 6.45) is 5.49. The third kappa shape index (κ3) is 5.68. The van der Waals surface area contributed by atoms with Gasteiger partial charge in [-0.15, -0.1) is 0 Å². The van der Waals surface area contributed by atoms with E-state index in [1.807, 2.05) is 58.6 Å². The molecule has 1 aliphatic rings. The van der Waals surface area contributed by atoms with Crippen LogP contribution in [0.3, 0.4) is 0 Å². The average molecular weight is 481 g/mol. The summed E-state index contributed by atoms with van der Waals surface area (Å²) in [5, 5.41) is 0. The van der Waals surface area contributed by atoms with E-state index < -0.39 is 5.60 Å². The lowest BCUT2D eigenvalue weighted by molar-refractivity contribution is -0.134. The van der Waals surface area contributed by atoms with Crippen LogP contribution in [0.1, 0.15) is 86.4 Å². The summed E-state index contributed by atoms with van der Waals surface area (Å²) in [5.41, 5.74) is 4.64. The van der Waals surface area contributed by atoms with Gasteiger partial charge in [-0.1, -0.05) is 26.2 Å². The normalized spacial score (nSPS) is 16.9. The number of benzene rings is 1. The van der Waals surface area contributed by atoms with Gasteiger partial charge in [0.2, 0.25) is 0 Å². The highest BCUT2D eigenvalue weighted by atomic mass is 16.5. The van der Waals surface area contributed by atoms with Crippen molar-refractivity contribution in [3.05, 3.63) is 45.6 Å². The zero-order chi connectivity index (χ0) is 25.9. The molecule has 1 amide bonds. The van der Waals surface area contributed by atoms with E-state index in [9.17, 15) is 9.59 Å². The minimum Gasteiger partial charge on any atom is -0.477 e. The zero-order valence-corrected chi connectivity index (χ0v) is 22.6. The summed E-state index contributed by atoms with van der Waals surface area (Å²) < 4.78 is 12.1. The fourth-order valence-corrected chi connectivity index (χ4v) is 4.94. The topological polar surface area (TPSA) is 68.7 Å². The largest absolute Gasteiger partial charge is 0.477 e. The Hall–Kier alpha value is -2.89. The Kier molecular flexibility index (Phi) is 8.24. The molecule has 2 aromatic rings. The van der Waals surface area contributed by atoms with Crippen LogP contribution in [0.4, 0.5) is 5.82 Å². The van der Waals surface area contributed by atoms with E-state index in [4.69, 9.17) is 14.5 Å². The fraction of sp³-hybridized carbons (Fsp3) is 0.552. The van der Waals surface area contributed by atoms with Gasteiger partial charge in [0, 0.05) is 31.1 Å². The van der Waals surface area contributed by atoms with Crippen molar-refractivity contribution < 1.29 is 19.1 Å². The van der Waals surface area contributed by atoms with Crippen molar-refractivity contribution in [2.75, 3.05) is 11.4 Å². The third-order valence-corrected chi connectivity index (χ3v) is 7.03. The summed E-state index contributed by atoms with van der Waals surface area (Å²) in [6, 6.07) is 4.00. The molecular formula is C29H40N2O4. The van der Waals surface area contributed by atoms with Crippen LogP contribution in [0.25, 0.3) is 0 Å². The van der Waals surface area contributed by atoms with Gasteiger partial charge in [0.15, 0.2) is 5.60 Å². The van der Waals surface area contributed by atoms with Crippen molar-refractivity contribution in [3.63, 3.8) is 0 Å². The van der Waals surface area contributed by atoms with Crippen LogP contribution in [0.5, 0.6) is 11.5 Å². The first-order valence-corrected chi connectivity index (χ1v) is 12.8. The van der Waals surface area contributed by atoms with Crippen LogP contribution in [0, 0.1) is 34.6 Å². The Labute approximate surface area is 210 Å². The molecule has 0 saturated heterocycles. The number of rotatable bonds is 8. The average Bonchev–Trinajstić information content (AvgIpc) is 2.79. The number of aromatic nitrogens is 1. The number of aryl methyl sites for hydroxylation is 2. The quantitative estimate of drug-likeness (QED) is 0.254. The number of ether oxygens (including phenoxy) is 2. The maximum atomic E-state index is 14.1. The van der Waals surface area contributed by atoms with Gasteiger partial charge in [-0.2, -0.15) is 0 Å². The molecule has 0 radical (unpaired) electrons. The van der Waals surface area contributed by atoms with E-state index in [0.717, 1.165) is 64.9 Å². The predicted molar refractivity (Wildman–Crippen MR) is 140 cm³/mol. The lowest BCUT2D eigenvalue weighted by Gasteiger charge is -2.39. The highest BCUT2D eigenvalue weighted by molar-refractivity contribution is 5.99. The summed E-state index contributed by atoms with van der Waals surface area (Å²) in [7, 11) is 0. The molecular weight excluding hydrogens is 440 g/mol. The predicted octanol–water partition coefficient (Wildman–Crippen LogP) is 6.25. The Bertz CT molecular complexity index is 1100. The van der Waals surface area contributed by atoms with Gasteiger partial charge < -0.3 is 9.47 Å². The summed E-state index contributed by atoms with van der Waals surface area (Å²) in [4.78, 5) is 32.3. The molecule has 35 heavy (non-hydrogen) atoms. The molecule has 1 atom stereocenters. The lowest BCUT2D eigenvalue weighted by atomic mass is 9.86. The zero-order valence-electron chi connectivity index (χ0n) is 22.6. The van der Waals surface area contributed by atoms with Crippen molar-refractivity contribution in [2.45, 2.75) is 99.5 Å². The fourth-order valence-electron chi connectivity index (χ4n) is 4.94. The van der Waals surface area contributed by atoms with Crippen molar-refractivity contribution in [2.24, 2.45) is 0 Å². The van der Waals surface area contributed by atoms with Gasteiger partial charge in [0.1, 0.15) is 17.3 Å². The molecule has 0 saturated carbocycles. The van der Waals surface area contributed by atoms with Gasteiger partial charge in [0.25, 0.3) is 5.91 Å². The second-order valence-electron chi connectivity index (χ2n) is 10.1. The van der Waals surface area contributed by atoms with Crippen molar-refractivity contribution in [1.29, 1.82) is 0 Å². The Morgan fingerprint density at radius 3 is 2.40 bits per heavy atom. The van der Waals surface area contributed by atoms with Crippen LogP contribution < -0.4 is 14.4 Å². The van der Waals surface area contributed by atoms with Gasteiger partial charge in [-0.3, -0.25) is 14.5 Å². The van der Waals surface area contributed by atoms with E-state index in [1.165, 1.54) is 6.92 Å². The molecule has 1 aromatic heterocycles. The number of amides is 1. The van der Waals surface area contributed by atoms with Crippen LogP contribution in [-0.4, -0.2) is 29.0 Å². The van der Waals surface area contributed by atoms with Crippen molar-refractivity contribution in [3.8, 4) is 11.5 Å². The lowest BCUT2D eigenvalue weighted by Crippen LogP contribution is -2.53. The second-order valence-corrected chi connectivity index (χ2v) is 10.1. The molecule has 3 rings (SSSR count). The molecule has 0 N–H and O–H groups in total. The number of anilines is 1. The highest BCUT2D eigenvalue weighted by Gasteiger charge is 2.44. The number of carbonyl (C=O) groups excluding carboxylic acids is 2. The van der Waals surface area contributed by atoms with Crippen LogP contribution in [0.2, 0.25) is 0 Å². The van der Waals surface area contributed by atoms with Gasteiger partial charge >= 0.3 is 5.97 Å². The first kappa shape index (κ1) is 26.7. The van der Waals surface area contributed by atoms with E-state index >= 15 is 0 Å². The third-order valence-electron chi connectivity index (χ3n) is 7.03. The van der Waals surface area contributed by atoms with Crippen LogP contribution >= 0.6 is 0 Å². The van der Waals surface area contributed by atoms with Crippen molar-refractivity contribution in [1.82, 2.24) is 4.98 Å². The van der Waals surface area contributed by atoms with Crippen molar-refractivity contribution >= 4 is 17.7 Å². The molecule has 0 spiro atoms. The number of esters is 1. The maximum absolute atomic E-state index is 14.1. The number of fused-ring (bicyclic) bond motifs is 1. The molecule has 1 aliphatic heterocycles. The minimum atomic E-state index is -1.01. The van der Waals surface area contributed by atoms with Gasteiger partial charge in [-0.05, 0) is 88.8 Å². The van der Waals surface area contributed by atoms with E-state index in [1.54, 1.807) is 0 Å². The van der Waals surface area contributed by atoms with Gasteiger partial charge in [-0.25, -0.2) is 4.98 Å². The van der Waals surface area contributed by atoms with E-state index in [0.29, 0.717) is 31.0 Å². The van der Waals surface area contributed by atoms with Gasteiger partial charge in [0.05, 0.1) is 0 Å². The first-order valence-electron chi connectivity index (χ1n) is 12.8. The Morgan fingerprint density at radius 1 is 1.06 bits per heavy atom. The summed E-state index contributed by atoms with van der Waals surface area (Å²) in [5.74, 6) is 1.62. The minimum absolute atomic E-state index is 0.0593.